The lowest BCUT2D eigenvalue weighted by molar-refractivity contribution is -0.149. The zero-order chi connectivity index (χ0) is 11.4. The Bertz CT molecular complexity index is 337. The molecule has 1 rings (SSSR count). The van der Waals surface area contributed by atoms with Gasteiger partial charge in [0.05, 0.1) is 13.0 Å². The summed E-state index contributed by atoms with van der Waals surface area (Å²) in [4.78, 5) is 15.5. The van der Waals surface area contributed by atoms with Crippen LogP contribution in [0.1, 0.15) is 30.2 Å². The quantitative estimate of drug-likeness (QED) is 0.798. The number of methoxy groups -OCH3 is 1. The first-order chi connectivity index (χ1) is 7.10. The van der Waals surface area contributed by atoms with Crippen LogP contribution in [0.15, 0.2) is 5.38 Å². The van der Waals surface area contributed by atoms with E-state index in [-0.39, 0.29) is 0 Å². The van der Waals surface area contributed by atoms with E-state index in [1.807, 2.05) is 19.2 Å². The number of rotatable bonds is 4. The summed E-state index contributed by atoms with van der Waals surface area (Å²) in [5, 5.41) is 12.4. The van der Waals surface area contributed by atoms with E-state index < -0.39 is 18.0 Å². The Hall–Kier alpha value is -0.940. The second kappa shape index (κ2) is 5.23. The van der Waals surface area contributed by atoms with Gasteiger partial charge in [-0.15, -0.1) is 11.3 Å². The van der Waals surface area contributed by atoms with Crippen molar-refractivity contribution in [1.29, 1.82) is 0 Å². The molecule has 84 valence electrons. The number of aliphatic hydroxyl groups is 1. The molecule has 0 saturated heterocycles. The zero-order valence-corrected chi connectivity index (χ0v) is 9.87. The van der Waals surface area contributed by atoms with Crippen LogP contribution in [0.5, 0.6) is 0 Å². The zero-order valence-electron chi connectivity index (χ0n) is 9.06. The third kappa shape index (κ3) is 2.76. The lowest BCUT2D eigenvalue weighted by Gasteiger charge is -2.16. The molecule has 0 fully saturated rings. The molecule has 5 heteroatoms. The first-order valence-corrected chi connectivity index (χ1v) is 5.66. The Morgan fingerprint density at radius 1 is 1.73 bits per heavy atom. The molecule has 0 saturated carbocycles. The molecule has 0 radical (unpaired) electrons. The molecule has 0 aliphatic carbocycles. The van der Waals surface area contributed by atoms with Crippen LogP contribution in [0.3, 0.4) is 0 Å². The molecule has 1 aromatic rings. The highest BCUT2D eigenvalue weighted by Crippen LogP contribution is 2.27. The van der Waals surface area contributed by atoms with Crippen LogP contribution in [0.25, 0.3) is 0 Å². The lowest BCUT2D eigenvalue weighted by Crippen LogP contribution is -2.22. The number of aryl methyl sites for hydroxylation is 1. The van der Waals surface area contributed by atoms with E-state index in [4.69, 9.17) is 0 Å². The van der Waals surface area contributed by atoms with Crippen LogP contribution in [0, 0.1) is 12.8 Å². The summed E-state index contributed by atoms with van der Waals surface area (Å²) in [6.07, 6.45) is -0.326. The fourth-order valence-corrected chi connectivity index (χ4v) is 2.19. The topological polar surface area (TPSA) is 59.4 Å². The van der Waals surface area contributed by atoms with Crippen LogP contribution < -0.4 is 0 Å². The first-order valence-electron chi connectivity index (χ1n) is 4.78. The minimum Gasteiger partial charge on any atom is -0.469 e. The van der Waals surface area contributed by atoms with Gasteiger partial charge in [-0.1, -0.05) is 6.92 Å². The summed E-state index contributed by atoms with van der Waals surface area (Å²) in [5.74, 6) is -0.918. The first kappa shape index (κ1) is 12.1. The molecule has 0 aromatic carbocycles. The lowest BCUT2D eigenvalue weighted by atomic mass is 10.0. The van der Waals surface area contributed by atoms with Crippen LogP contribution in [-0.2, 0) is 9.53 Å². The SMILES string of the molecule is CCC(C(=O)OC)C(O)c1nc(C)cs1. The third-order valence-corrected chi connectivity index (χ3v) is 3.25. The fourth-order valence-electron chi connectivity index (χ4n) is 1.35. The van der Waals surface area contributed by atoms with Crippen LogP contribution in [0.4, 0.5) is 0 Å². The molecule has 0 bridgehead atoms. The summed E-state index contributed by atoms with van der Waals surface area (Å²) < 4.78 is 4.63. The molecule has 0 amide bonds. The van der Waals surface area contributed by atoms with Crippen molar-refractivity contribution in [3.63, 3.8) is 0 Å². The summed E-state index contributed by atoms with van der Waals surface area (Å²) in [7, 11) is 1.32. The number of carbonyl (C=O) groups is 1. The van der Waals surface area contributed by atoms with E-state index in [2.05, 4.69) is 9.72 Å². The van der Waals surface area contributed by atoms with E-state index in [1.165, 1.54) is 18.4 Å². The molecule has 2 unspecified atom stereocenters. The molecule has 0 spiro atoms. The number of carbonyl (C=O) groups excluding carboxylic acids is 1. The van der Waals surface area contributed by atoms with Crippen LogP contribution in [0.2, 0.25) is 0 Å². The number of esters is 1. The minimum atomic E-state index is -0.860. The molecule has 1 N–H and O–H groups in total. The second-order valence-electron chi connectivity index (χ2n) is 3.31. The van der Waals surface area contributed by atoms with Gasteiger partial charge in [0.1, 0.15) is 11.1 Å². The normalized spacial score (nSPS) is 14.7. The summed E-state index contributed by atoms with van der Waals surface area (Å²) in [6, 6.07) is 0. The van der Waals surface area contributed by atoms with E-state index in [0.717, 1.165) is 5.69 Å². The summed E-state index contributed by atoms with van der Waals surface area (Å²) in [6.45, 7) is 3.69. The van der Waals surface area contributed by atoms with Gasteiger partial charge in [-0.3, -0.25) is 4.79 Å². The van der Waals surface area contributed by atoms with E-state index >= 15 is 0 Å². The van der Waals surface area contributed by atoms with Crippen LogP contribution >= 0.6 is 11.3 Å². The van der Waals surface area contributed by atoms with Gasteiger partial charge in [0, 0.05) is 11.1 Å². The third-order valence-electron chi connectivity index (χ3n) is 2.21. The molecule has 0 aliphatic heterocycles. The highest BCUT2D eigenvalue weighted by molar-refractivity contribution is 7.09. The standard InChI is InChI=1S/C10H15NO3S/c1-4-7(10(13)14-3)8(12)9-11-6(2)5-15-9/h5,7-8,12H,4H2,1-3H3. The van der Waals surface area contributed by atoms with Crippen molar-refractivity contribution in [3.05, 3.63) is 16.1 Å². The number of nitrogens with zero attached hydrogens (tertiary/aromatic N) is 1. The van der Waals surface area contributed by atoms with Crippen molar-refractivity contribution in [2.45, 2.75) is 26.4 Å². The Kier molecular flexibility index (Phi) is 4.23. The summed E-state index contributed by atoms with van der Waals surface area (Å²) >= 11 is 1.36. The number of thiazole rings is 1. The van der Waals surface area contributed by atoms with Gasteiger partial charge < -0.3 is 9.84 Å². The van der Waals surface area contributed by atoms with Crippen molar-refractivity contribution in [2.24, 2.45) is 5.92 Å². The van der Waals surface area contributed by atoms with Crippen molar-refractivity contribution < 1.29 is 14.6 Å². The Balaban J connectivity index is 2.81. The van der Waals surface area contributed by atoms with Gasteiger partial charge in [-0.2, -0.15) is 0 Å². The molecular weight excluding hydrogens is 214 g/mol. The van der Waals surface area contributed by atoms with E-state index in [9.17, 15) is 9.90 Å². The number of aliphatic hydroxyl groups excluding tert-OH is 1. The number of hydrogen-bond donors (Lipinski definition) is 1. The van der Waals surface area contributed by atoms with Crippen molar-refractivity contribution in [2.75, 3.05) is 7.11 Å². The van der Waals surface area contributed by atoms with E-state index in [1.54, 1.807) is 0 Å². The minimum absolute atomic E-state index is 0.391. The average Bonchev–Trinajstić information content (AvgIpc) is 2.65. The van der Waals surface area contributed by atoms with E-state index in [0.29, 0.717) is 11.4 Å². The maximum atomic E-state index is 11.4. The Morgan fingerprint density at radius 2 is 2.40 bits per heavy atom. The Labute approximate surface area is 92.9 Å². The van der Waals surface area contributed by atoms with Crippen LogP contribution in [-0.4, -0.2) is 23.2 Å². The molecule has 4 nitrogen and oxygen atoms in total. The highest BCUT2D eigenvalue weighted by Gasteiger charge is 2.29. The Morgan fingerprint density at radius 3 is 2.80 bits per heavy atom. The highest BCUT2D eigenvalue weighted by atomic mass is 32.1. The molecule has 0 aliphatic rings. The molecule has 15 heavy (non-hydrogen) atoms. The summed E-state index contributed by atoms with van der Waals surface area (Å²) in [5.41, 5.74) is 0.855. The van der Waals surface area contributed by atoms with Gasteiger partial charge in [0.15, 0.2) is 0 Å². The monoisotopic (exact) mass is 229 g/mol. The van der Waals surface area contributed by atoms with Gasteiger partial charge in [-0.05, 0) is 13.3 Å². The predicted octanol–water partition coefficient (Wildman–Crippen LogP) is 1.68. The van der Waals surface area contributed by atoms with Gasteiger partial charge in [0.25, 0.3) is 0 Å². The van der Waals surface area contributed by atoms with Gasteiger partial charge in [0.2, 0.25) is 0 Å². The largest absolute Gasteiger partial charge is 0.469 e. The number of aromatic nitrogens is 1. The second-order valence-corrected chi connectivity index (χ2v) is 4.20. The van der Waals surface area contributed by atoms with Gasteiger partial charge >= 0.3 is 5.97 Å². The molecule has 2 atom stereocenters. The maximum Gasteiger partial charge on any atom is 0.311 e. The molecular formula is C10H15NO3S. The van der Waals surface area contributed by atoms with Crippen molar-refractivity contribution in [3.8, 4) is 0 Å². The van der Waals surface area contributed by atoms with Gasteiger partial charge in [-0.25, -0.2) is 4.98 Å². The number of ether oxygens (including phenoxy) is 1. The predicted molar refractivity (Wildman–Crippen MR) is 57.6 cm³/mol. The average molecular weight is 229 g/mol. The smallest absolute Gasteiger partial charge is 0.311 e. The van der Waals surface area contributed by atoms with Crippen molar-refractivity contribution >= 4 is 17.3 Å². The fraction of sp³-hybridized carbons (Fsp3) is 0.600. The van der Waals surface area contributed by atoms with Crippen molar-refractivity contribution in [1.82, 2.24) is 4.98 Å². The maximum absolute atomic E-state index is 11.4. The number of hydrogen-bond acceptors (Lipinski definition) is 5. The molecule has 1 aromatic heterocycles. The molecule has 1 heterocycles.